The monoisotopic (exact) mass is 389 g/mol. The number of allylic oxidation sites excluding steroid dienone is 1. The first kappa shape index (κ1) is 19.0. The summed E-state index contributed by atoms with van der Waals surface area (Å²) < 4.78 is 11.9. The Kier molecular flexibility index (Phi) is 5.47. The molecule has 0 fully saturated rings. The molecule has 0 aliphatic heterocycles. The number of aryl methyl sites for hydroxylation is 2. The molecule has 1 N–H and O–H groups in total. The van der Waals surface area contributed by atoms with Crippen LogP contribution in [-0.4, -0.2) is 22.7 Å². The minimum absolute atomic E-state index is 0.504. The van der Waals surface area contributed by atoms with Crippen LogP contribution in [0.1, 0.15) is 35.9 Å². The van der Waals surface area contributed by atoms with Gasteiger partial charge in [-0.25, -0.2) is 9.78 Å². The highest BCUT2D eigenvalue weighted by molar-refractivity contribution is 5.91. The molecule has 0 bridgehead atoms. The molecule has 0 spiro atoms. The number of benzene rings is 2. The van der Waals surface area contributed by atoms with E-state index in [9.17, 15) is 4.79 Å². The summed E-state index contributed by atoms with van der Waals surface area (Å²) in [6.45, 7) is 2.56. The van der Waals surface area contributed by atoms with Crippen LogP contribution < -0.4 is 4.74 Å². The zero-order chi connectivity index (χ0) is 20.2. The van der Waals surface area contributed by atoms with E-state index in [1.54, 1.807) is 0 Å². The van der Waals surface area contributed by atoms with Gasteiger partial charge >= 0.3 is 5.97 Å². The van der Waals surface area contributed by atoms with Gasteiger partial charge in [0, 0.05) is 24.5 Å². The van der Waals surface area contributed by atoms with Gasteiger partial charge < -0.3 is 14.3 Å². The van der Waals surface area contributed by atoms with Gasteiger partial charge in [-0.15, -0.1) is 0 Å². The second kappa shape index (κ2) is 8.35. The second-order valence-corrected chi connectivity index (χ2v) is 7.03. The SMILES string of the molecule is CCc1oc(-c2ccccc2)nc1CCOc1ccc2c(c1)CC/C2=C\C(=O)O. The standard InChI is InChI=1S/C24H23NO4/c1-2-22-21(25-24(29-22)16-6-4-3-5-7-16)12-13-28-19-10-11-20-17(14-19)8-9-18(20)15-23(26)27/h3-7,10-11,14-15H,2,8-9,12-13H2,1H3,(H,26,27)/b18-15+. The first-order chi connectivity index (χ1) is 14.1. The van der Waals surface area contributed by atoms with E-state index in [2.05, 4.69) is 11.9 Å². The van der Waals surface area contributed by atoms with Gasteiger partial charge in [-0.05, 0) is 53.8 Å². The number of aromatic nitrogens is 1. The van der Waals surface area contributed by atoms with E-state index >= 15 is 0 Å². The Morgan fingerprint density at radius 2 is 2.03 bits per heavy atom. The number of carbonyl (C=O) groups is 1. The fourth-order valence-electron chi connectivity index (χ4n) is 3.71. The summed E-state index contributed by atoms with van der Waals surface area (Å²) in [4.78, 5) is 15.6. The minimum Gasteiger partial charge on any atom is -0.493 e. The Hall–Kier alpha value is -3.34. The molecule has 5 nitrogen and oxygen atoms in total. The average Bonchev–Trinajstić information content (AvgIpc) is 3.32. The Balaban J connectivity index is 1.42. The molecule has 0 saturated heterocycles. The van der Waals surface area contributed by atoms with E-state index in [-0.39, 0.29) is 0 Å². The van der Waals surface area contributed by atoms with Gasteiger partial charge in [0.05, 0.1) is 12.3 Å². The fourth-order valence-corrected chi connectivity index (χ4v) is 3.71. The van der Waals surface area contributed by atoms with Gasteiger partial charge in [0.15, 0.2) is 0 Å². The Morgan fingerprint density at radius 3 is 2.79 bits per heavy atom. The number of hydrogen-bond acceptors (Lipinski definition) is 4. The van der Waals surface area contributed by atoms with Crippen LogP contribution >= 0.6 is 0 Å². The van der Waals surface area contributed by atoms with Crippen molar-refractivity contribution in [3.8, 4) is 17.2 Å². The number of fused-ring (bicyclic) bond motifs is 1. The molecule has 1 aliphatic rings. The Labute approximate surface area is 169 Å². The van der Waals surface area contributed by atoms with Crippen molar-refractivity contribution in [1.29, 1.82) is 0 Å². The van der Waals surface area contributed by atoms with Crippen LogP contribution in [-0.2, 0) is 24.1 Å². The first-order valence-corrected chi connectivity index (χ1v) is 9.87. The van der Waals surface area contributed by atoms with Gasteiger partial charge in [-0.3, -0.25) is 0 Å². The van der Waals surface area contributed by atoms with Crippen molar-refractivity contribution in [2.75, 3.05) is 6.61 Å². The van der Waals surface area contributed by atoms with Gasteiger partial charge in [-0.1, -0.05) is 31.2 Å². The third-order valence-corrected chi connectivity index (χ3v) is 5.11. The van der Waals surface area contributed by atoms with Crippen LogP contribution in [0.25, 0.3) is 17.0 Å². The molecule has 5 heteroatoms. The molecule has 0 amide bonds. The van der Waals surface area contributed by atoms with E-state index in [1.165, 1.54) is 6.08 Å². The molecule has 29 heavy (non-hydrogen) atoms. The third-order valence-electron chi connectivity index (χ3n) is 5.11. The lowest BCUT2D eigenvalue weighted by atomic mass is 10.1. The molecule has 3 aromatic rings. The highest BCUT2D eigenvalue weighted by atomic mass is 16.5. The first-order valence-electron chi connectivity index (χ1n) is 9.87. The van der Waals surface area contributed by atoms with Crippen molar-refractivity contribution < 1.29 is 19.1 Å². The van der Waals surface area contributed by atoms with Crippen LogP contribution in [0.2, 0.25) is 0 Å². The molecular weight excluding hydrogens is 366 g/mol. The number of oxazole rings is 1. The van der Waals surface area contributed by atoms with Gasteiger partial charge in [0.2, 0.25) is 5.89 Å². The van der Waals surface area contributed by atoms with Crippen LogP contribution in [0.3, 0.4) is 0 Å². The predicted octanol–water partition coefficient (Wildman–Crippen LogP) is 4.94. The number of ether oxygens (including phenoxy) is 1. The molecular formula is C24H23NO4. The molecule has 4 rings (SSSR count). The Bertz CT molecular complexity index is 1050. The smallest absolute Gasteiger partial charge is 0.328 e. The molecule has 0 radical (unpaired) electrons. The minimum atomic E-state index is -0.901. The maximum atomic E-state index is 10.9. The van der Waals surface area contributed by atoms with E-state index in [0.29, 0.717) is 18.9 Å². The lowest BCUT2D eigenvalue weighted by Gasteiger charge is -2.08. The summed E-state index contributed by atoms with van der Waals surface area (Å²) >= 11 is 0. The van der Waals surface area contributed by atoms with Crippen LogP contribution in [0, 0.1) is 0 Å². The highest BCUT2D eigenvalue weighted by Crippen LogP contribution is 2.34. The molecule has 0 saturated carbocycles. The predicted molar refractivity (Wildman–Crippen MR) is 111 cm³/mol. The second-order valence-electron chi connectivity index (χ2n) is 7.03. The van der Waals surface area contributed by atoms with Crippen molar-refractivity contribution in [3.63, 3.8) is 0 Å². The summed E-state index contributed by atoms with van der Waals surface area (Å²) in [6.07, 6.45) is 4.35. The topological polar surface area (TPSA) is 72.6 Å². The Morgan fingerprint density at radius 1 is 1.21 bits per heavy atom. The maximum absolute atomic E-state index is 10.9. The average molecular weight is 389 g/mol. The zero-order valence-electron chi connectivity index (χ0n) is 16.4. The third kappa shape index (κ3) is 4.24. The van der Waals surface area contributed by atoms with Crippen molar-refractivity contribution in [2.45, 2.75) is 32.6 Å². The van der Waals surface area contributed by atoms with Crippen molar-refractivity contribution in [2.24, 2.45) is 0 Å². The van der Waals surface area contributed by atoms with E-state index in [0.717, 1.165) is 58.7 Å². The normalized spacial score (nSPS) is 14.2. The largest absolute Gasteiger partial charge is 0.493 e. The molecule has 2 aromatic carbocycles. The zero-order valence-corrected chi connectivity index (χ0v) is 16.4. The summed E-state index contributed by atoms with van der Waals surface area (Å²) in [5.41, 5.74) is 4.93. The van der Waals surface area contributed by atoms with Crippen molar-refractivity contribution >= 4 is 11.5 Å². The molecule has 1 aliphatic carbocycles. The number of hydrogen-bond donors (Lipinski definition) is 1. The van der Waals surface area contributed by atoms with Gasteiger partial charge in [0.25, 0.3) is 0 Å². The molecule has 0 unspecified atom stereocenters. The number of carboxylic acid groups (broad SMARTS) is 1. The summed E-state index contributed by atoms with van der Waals surface area (Å²) in [5.74, 6) is 1.44. The van der Waals surface area contributed by atoms with E-state index < -0.39 is 5.97 Å². The van der Waals surface area contributed by atoms with Gasteiger partial charge in [0.1, 0.15) is 11.5 Å². The van der Waals surface area contributed by atoms with Crippen LogP contribution in [0.4, 0.5) is 0 Å². The van der Waals surface area contributed by atoms with E-state index in [4.69, 9.17) is 14.3 Å². The molecule has 148 valence electrons. The quantitative estimate of drug-likeness (QED) is 0.580. The molecule has 1 aromatic heterocycles. The van der Waals surface area contributed by atoms with Crippen LogP contribution in [0.15, 0.2) is 59.0 Å². The highest BCUT2D eigenvalue weighted by Gasteiger charge is 2.18. The fraction of sp³-hybridized carbons (Fsp3) is 0.250. The molecule has 0 atom stereocenters. The lowest BCUT2D eigenvalue weighted by Crippen LogP contribution is -2.04. The van der Waals surface area contributed by atoms with Gasteiger partial charge in [-0.2, -0.15) is 0 Å². The number of rotatable bonds is 7. The van der Waals surface area contributed by atoms with Crippen molar-refractivity contribution in [3.05, 3.63) is 77.2 Å². The maximum Gasteiger partial charge on any atom is 0.328 e. The summed E-state index contributed by atoms with van der Waals surface area (Å²) in [6, 6.07) is 15.8. The number of aliphatic carboxylic acids is 1. The van der Waals surface area contributed by atoms with E-state index in [1.807, 2.05) is 48.5 Å². The molecule has 1 heterocycles. The van der Waals surface area contributed by atoms with Crippen LogP contribution in [0.5, 0.6) is 5.75 Å². The number of carboxylic acids is 1. The summed E-state index contributed by atoms with van der Waals surface area (Å²) in [7, 11) is 0. The van der Waals surface area contributed by atoms with Crippen molar-refractivity contribution in [1.82, 2.24) is 4.98 Å². The summed E-state index contributed by atoms with van der Waals surface area (Å²) in [5, 5.41) is 8.98. The lowest BCUT2D eigenvalue weighted by molar-refractivity contribution is -0.131. The number of nitrogens with zero attached hydrogens (tertiary/aromatic N) is 1.